The van der Waals surface area contributed by atoms with Crippen molar-refractivity contribution in [1.82, 2.24) is 14.8 Å². The molecule has 158 valence electrons. The van der Waals surface area contributed by atoms with E-state index in [2.05, 4.69) is 10.1 Å². The molecule has 0 radical (unpaired) electrons. The Morgan fingerprint density at radius 3 is 2.62 bits per heavy atom. The molecule has 0 saturated heterocycles. The van der Waals surface area contributed by atoms with Gasteiger partial charge in [-0.2, -0.15) is 5.10 Å². The fourth-order valence-corrected chi connectivity index (χ4v) is 3.92. The smallest absolute Gasteiger partial charge is 0.268 e. The monoisotopic (exact) mass is 451 g/mol. The molecule has 2 aromatic carbocycles. The number of pyridine rings is 1. The molecule has 0 spiro atoms. The molecule has 0 fully saturated rings. The molecule has 3 heterocycles. The molecule has 0 unspecified atom stereocenters. The maximum absolute atomic E-state index is 14.5. The number of aromatic nitrogens is 3. The fraction of sp³-hybridized carbons (Fsp3) is 0.0476. The highest BCUT2D eigenvalue weighted by atomic mass is 35.5. The van der Waals surface area contributed by atoms with Crippen LogP contribution in [0.3, 0.4) is 0 Å². The number of fused-ring (bicyclic) bond motifs is 3. The summed E-state index contributed by atoms with van der Waals surface area (Å²) in [5.74, 6) is -1.97. The second-order valence-corrected chi connectivity index (χ2v) is 7.50. The normalized spacial score (nSPS) is 13.2. The van der Waals surface area contributed by atoms with Crippen LogP contribution in [0.2, 0.25) is 5.02 Å². The molecule has 32 heavy (non-hydrogen) atoms. The molecule has 0 atom stereocenters. The van der Waals surface area contributed by atoms with E-state index < -0.39 is 22.6 Å². The predicted octanol–water partition coefficient (Wildman–Crippen LogP) is 4.23. The number of aryl methyl sites for hydroxylation is 1. The Bertz CT molecular complexity index is 1500. The Hall–Kier alpha value is -4.18. The summed E-state index contributed by atoms with van der Waals surface area (Å²) in [5.41, 5.74) is 0.521. The highest BCUT2D eigenvalue weighted by Crippen LogP contribution is 2.35. The predicted molar refractivity (Wildman–Crippen MR) is 113 cm³/mol. The van der Waals surface area contributed by atoms with Gasteiger partial charge >= 0.3 is 0 Å². The number of nitro groups is 1. The lowest BCUT2D eigenvalue weighted by atomic mass is 10.1. The van der Waals surface area contributed by atoms with E-state index in [1.165, 1.54) is 41.2 Å². The number of benzene rings is 2. The first-order valence-electron chi connectivity index (χ1n) is 9.25. The number of nitro benzene ring substituents is 1. The Labute approximate surface area is 183 Å². The molecular formula is C21H11ClFN5O4. The Balaban J connectivity index is 1.70. The first-order chi connectivity index (χ1) is 15.3. The van der Waals surface area contributed by atoms with Gasteiger partial charge in [0, 0.05) is 23.4 Å². The van der Waals surface area contributed by atoms with Crippen molar-refractivity contribution in [2.24, 2.45) is 0 Å². The van der Waals surface area contributed by atoms with Gasteiger partial charge in [0.2, 0.25) is 0 Å². The Morgan fingerprint density at radius 1 is 1.12 bits per heavy atom. The summed E-state index contributed by atoms with van der Waals surface area (Å²) in [6.45, 7) is 1.61. The first kappa shape index (κ1) is 19.8. The molecule has 0 bridgehead atoms. The minimum absolute atomic E-state index is 0.0354. The molecule has 5 rings (SSSR count). The molecule has 0 N–H and O–H groups in total. The second-order valence-electron chi connectivity index (χ2n) is 7.06. The number of carbonyl (C=O) groups excluding carboxylic acids is 2. The van der Waals surface area contributed by atoms with E-state index in [-0.39, 0.29) is 38.9 Å². The van der Waals surface area contributed by atoms with E-state index >= 15 is 0 Å². The van der Waals surface area contributed by atoms with Crippen molar-refractivity contribution in [2.75, 3.05) is 4.90 Å². The number of rotatable bonds is 3. The van der Waals surface area contributed by atoms with Gasteiger partial charge in [-0.05, 0) is 31.2 Å². The molecular weight excluding hydrogens is 441 g/mol. The standard InChI is InChI=1S/C21H11ClFN5O4/c1-10-17-18-14(9-24-19(17)27(25-10)16-6-5-11(22)7-15(16)23)20(29)26(21(18)30)12-3-2-4-13(8-12)28(31)32/h2-9H,1H3. The zero-order valence-electron chi connectivity index (χ0n) is 16.2. The van der Waals surface area contributed by atoms with Gasteiger partial charge in [0.1, 0.15) is 11.5 Å². The van der Waals surface area contributed by atoms with E-state index in [1.54, 1.807) is 6.92 Å². The van der Waals surface area contributed by atoms with E-state index in [4.69, 9.17) is 11.6 Å². The third kappa shape index (κ3) is 2.77. The van der Waals surface area contributed by atoms with Crippen LogP contribution in [-0.2, 0) is 0 Å². The zero-order valence-corrected chi connectivity index (χ0v) is 17.0. The molecule has 2 amide bonds. The third-order valence-electron chi connectivity index (χ3n) is 5.16. The quantitative estimate of drug-likeness (QED) is 0.262. The maximum atomic E-state index is 14.5. The largest absolute Gasteiger partial charge is 0.271 e. The molecule has 0 saturated carbocycles. The highest BCUT2D eigenvalue weighted by molar-refractivity contribution is 6.37. The third-order valence-corrected chi connectivity index (χ3v) is 5.39. The van der Waals surface area contributed by atoms with Crippen molar-refractivity contribution < 1.29 is 18.9 Å². The highest BCUT2D eigenvalue weighted by Gasteiger charge is 2.40. The molecule has 1 aliphatic heterocycles. The van der Waals surface area contributed by atoms with Crippen LogP contribution in [0.4, 0.5) is 15.8 Å². The van der Waals surface area contributed by atoms with E-state index in [1.807, 2.05) is 0 Å². The summed E-state index contributed by atoms with van der Waals surface area (Å²) < 4.78 is 15.8. The molecule has 0 aliphatic carbocycles. The average molecular weight is 452 g/mol. The summed E-state index contributed by atoms with van der Waals surface area (Å²) in [6, 6.07) is 9.28. The Morgan fingerprint density at radius 2 is 1.91 bits per heavy atom. The van der Waals surface area contributed by atoms with Gasteiger partial charge in [-0.3, -0.25) is 19.7 Å². The average Bonchev–Trinajstić information content (AvgIpc) is 3.22. The van der Waals surface area contributed by atoms with Gasteiger partial charge in [-0.1, -0.05) is 17.7 Å². The van der Waals surface area contributed by atoms with Gasteiger partial charge in [0.05, 0.1) is 32.8 Å². The van der Waals surface area contributed by atoms with Crippen LogP contribution < -0.4 is 4.90 Å². The lowest BCUT2D eigenvalue weighted by molar-refractivity contribution is -0.384. The fourth-order valence-electron chi connectivity index (χ4n) is 3.76. The van der Waals surface area contributed by atoms with Crippen molar-refractivity contribution in [1.29, 1.82) is 0 Å². The summed E-state index contributed by atoms with van der Waals surface area (Å²) in [7, 11) is 0. The Kier molecular flexibility index (Phi) is 4.28. The maximum Gasteiger partial charge on any atom is 0.271 e. The van der Waals surface area contributed by atoms with Gasteiger partial charge in [0.15, 0.2) is 5.65 Å². The number of imide groups is 1. The van der Waals surface area contributed by atoms with Gasteiger partial charge in [-0.25, -0.2) is 19.0 Å². The minimum atomic E-state index is -0.669. The van der Waals surface area contributed by atoms with Gasteiger partial charge in [0.25, 0.3) is 17.5 Å². The van der Waals surface area contributed by atoms with Crippen LogP contribution in [0, 0.1) is 22.9 Å². The van der Waals surface area contributed by atoms with Crippen LogP contribution in [0.1, 0.15) is 26.4 Å². The van der Waals surface area contributed by atoms with Crippen LogP contribution in [0.15, 0.2) is 48.7 Å². The lowest BCUT2D eigenvalue weighted by Gasteiger charge is -2.13. The number of amides is 2. The van der Waals surface area contributed by atoms with E-state index in [0.717, 1.165) is 17.0 Å². The summed E-state index contributed by atoms with van der Waals surface area (Å²) in [6.07, 6.45) is 1.22. The van der Waals surface area contributed by atoms with Gasteiger partial charge < -0.3 is 0 Å². The number of hydrogen-bond acceptors (Lipinski definition) is 6. The number of nitrogens with zero attached hydrogens (tertiary/aromatic N) is 5. The number of halogens is 2. The first-order valence-corrected chi connectivity index (χ1v) is 9.62. The minimum Gasteiger partial charge on any atom is -0.268 e. The van der Waals surface area contributed by atoms with Crippen LogP contribution in [0.5, 0.6) is 0 Å². The van der Waals surface area contributed by atoms with Crippen LogP contribution >= 0.6 is 11.6 Å². The number of non-ortho nitro benzene ring substituents is 1. The van der Waals surface area contributed by atoms with E-state index in [0.29, 0.717) is 11.1 Å². The van der Waals surface area contributed by atoms with Crippen LogP contribution in [-0.4, -0.2) is 31.5 Å². The van der Waals surface area contributed by atoms with Crippen molar-refractivity contribution in [3.05, 3.63) is 86.4 Å². The topological polar surface area (TPSA) is 111 Å². The van der Waals surface area contributed by atoms with E-state index in [9.17, 15) is 24.1 Å². The SMILES string of the molecule is Cc1nn(-c2ccc(Cl)cc2F)c2ncc3c(c12)C(=O)N(c1cccc([N+](=O)[O-])c1)C3=O. The van der Waals surface area contributed by atoms with Crippen molar-refractivity contribution in [3.8, 4) is 5.69 Å². The second kappa shape index (κ2) is 6.92. The lowest BCUT2D eigenvalue weighted by Crippen LogP contribution is -2.29. The zero-order chi connectivity index (χ0) is 22.7. The van der Waals surface area contributed by atoms with Gasteiger partial charge in [-0.15, -0.1) is 0 Å². The molecule has 2 aromatic heterocycles. The molecule has 4 aromatic rings. The van der Waals surface area contributed by atoms with Crippen LogP contribution in [0.25, 0.3) is 16.7 Å². The van der Waals surface area contributed by atoms with Crippen molar-refractivity contribution >= 4 is 45.8 Å². The number of carbonyl (C=O) groups is 2. The summed E-state index contributed by atoms with van der Waals surface area (Å²) in [5, 5.41) is 15.9. The van der Waals surface area contributed by atoms with Crippen molar-refractivity contribution in [3.63, 3.8) is 0 Å². The molecule has 9 nitrogen and oxygen atoms in total. The summed E-state index contributed by atoms with van der Waals surface area (Å²) in [4.78, 5) is 41.9. The molecule has 11 heteroatoms. The molecule has 1 aliphatic rings. The number of anilines is 1. The van der Waals surface area contributed by atoms with Crippen molar-refractivity contribution in [2.45, 2.75) is 6.92 Å². The number of hydrogen-bond donors (Lipinski definition) is 0. The summed E-state index contributed by atoms with van der Waals surface area (Å²) >= 11 is 5.83.